The Balaban J connectivity index is 2.07. The molecular formula is C14H21NO3S. The zero-order valence-corrected chi connectivity index (χ0v) is 12.0. The Kier molecular flexibility index (Phi) is 7.18. The average Bonchev–Trinajstić information content (AvgIpc) is 2.84. The topological polar surface area (TPSA) is 66.4 Å². The lowest BCUT2D eigenvalue weighted by Gasteiger charge is -2.11. The predicted octanol–water partition coefficient (Wildman–Crippen LogP) is 2.69. The fourth-order valence-electron chi connectivity index (χ4n) is 1.78. The molecule has 0 spiro atoms. The van der Waals surface area contributed by atoms with Crippen LogP contribution in [0.4, 0.5) is 0 Å². The van der Waals surface area contributed by atoms with Crippen LogP contribution in [0.5, 0.6) is 0 Å². The summed E-state index contributed by atoms with van der Waals surface area (Å²) in [6.45, 7) is 2.79. The number of hydrogen-bond donors (Lipinski definition) is 2. The standard InChI is InChI=1S/C14H21NO3S/c1-11(9-12-5-4-8-19-12)10-15-13(16)6-2-3-7-14(17)18/h4-5,8,11H,2-3,6-7,9-10H2,1H3,(H,15,16)(H,17,18). The van der Waals surface area contributed by atoms with E-state index in [1.165, 1.54) is 4.88 Å². The van der Waals surface area contributed by atoms with Crippen molar-refractivity contribution in [3.05, 3.63) is 22.4 Å². The van der Waals surface area contributed by atoms with Crippen molar-refractivity contribution in [2.45, 2.75) is 39.0 Å². The van der Waals surface area contributed by atoms with Crippen molar-refractivity contribution in [2.75, 3.05) is 6.54 Å². The number of nitrogens with one attached hydrogen (secondary N) is 1. The fraction of sp³-hybridized carbons (Fsp3) is 0.571. The van der Waals surface area contributed by atoms with Crippen LogP contribution in [0.1, 0.15) is 37.5 Å². The molecule has 0 aromatic carbocycles. The van der Waals surface area contributed by atoms with Crippen LogP contribution in [0.2, 0.25) is 0 Å². The summed E-state index contributed by atoms with van der Waals surface area (Å²) in [5.41, 5.74) is 0. The third-order valence-electron chi connectivity index (χ3n) is 2.82. The monoisotopic (exact) mass is 283 g/mol. The summed E-state index contributed by atoms with van der Waals surface area (Å²) in [4.78, 5) is 23.2. The summed E-state index contributed by atoms with van der Waals surface area (Å²) >= 11 is 1.74. The number of rotatable bonds is 9. The minimum atomic E-state index is -0.801. The van der Waals surface area contributed by atoms with Gasteiger partial charge < -0.3 is 10.4 Å². The van der Waals surface area contributed by atoms with Gasteiger partial charge in [-0.05, 0) is 36.6 Å². The number of carbonyl (C=O) groups is 2. The number of aliphatic carboxylic acids is 1. The maximum Gasteiger partial charge on any atom is 0.303 e. The summed E-state index contributed by atoms with van der Waals surface area (Å²) in [6, 6.07) is 4.14. The normalized spacial score (nSPS) is 12.1. The zero-order valence-electron chi connectivity index (χ0n) is 11.2. The smallest absolute Gasteiger partial charge is 0.303 e. The quantitative estimate of drug-likeness (QED) is 0.685. The Hall–Kier alpha value is -1.36. The van der Waals surface area contributed by atoms with Gasteiger partial charge in [0.15, 0.2) is 0 Å². The fourth-order valence-corrected chi connectivity index (χ4v) is 2.65. The van der Waals surface area contributed by atoms with Crippen LogP contribution in [-0.2, 0) is 16.0 Å². The van der Waals surface area contributed by atoms with E-state index >= 15 is 0 Å². The highest BCUT2D eigenvalue weighted by molar-refractivity contribution is 7.09. The highest BCUT2D eigenvalue weighted by Gasteiger charge is 2.07. The second kappa shape index (κ2) is 8.69. The van der Waals surface area contributed by atoms with Crippen molar-refractivity contribution in [1.29, 1.82) is 0 Å². The van der Waals surface area contributed by atoms with Gasteiger partial charge in [-0.2, -0.15) is 0 Å². The number of carboxylic acids is 1. The first-order chi connectivity index (χ1) is 9.08. The number of hydrogen-bond acceptors (Lipinski definition) is 3. The molecule has 1 atom stereocenters. The molecule has 0 saturated carbocycles. The molecule has 1 heterocycles. The molecule has 1 aromatic heterocycles. The van der Waals surface area contributed by atoms with Crippen molar-refractivity contribution in [2.24, 2.45) is 5.92 Å². The van der Waals surface area contributed by atoms with Crippen LogP contribution in [-0.4, -0.2) is 23.5 Å². The van der Waals surface area contributed by atoms with E-state index in [1.54, 1.807) is 11.3 Å². The highest BCUT2D eigenvalue weighted by Crippen LogP contribution is 2.13. The molecule has 1 rings (SSSR count). The van der Waals surface area contributed by atoms with Gasteiger partial charge in [0.05, 0.1) is 0 Å². The maximum atomic E-state index is 11.5. The van der Waals surface area contributed by atoms with Gasteiger partial charge in [0.1, 0.15) is 0 Å². The largest absolute Gasteiger partial charge is 0.481 e. The Morgan fingerprint density at radius 3 is 2.74 bits per heavy atom. The van der Waals surface area contributed by atoms with Crippen LogP contribution in [0, 0.1) is 5.92 Å². The second-order valence-corrected chi connectivity index (χ2v) is 5.83. The Bertz CT molecular complexity index is 389. The molecule has 0 aliphatic rings. The second-order valence-electron chi connectivity index (χ2n) is 4.79. The van der Waals surface area contributed by atoms with Crippen molar-refractivity contribution in [1.82, 2.24) is 5.32 Å². The SMILES string of the molecule is CC(CNC(=O)CCCCC(=O)O)Cc1cccs1. The summed E-state index contributed by atoms with van der Waals surface area (Å²) in [5.74, 6) is -0.366. The molecule has 106 valence electrons. The molecule has 1 aromatic rings. The van der Waals surface area contributed by atoms with E-state index in [0.717, 1.165) is 6.42 Å². The lowest BCUT2D eigenvalue weighted by molar-refractivity contribution is -0.137. The van der Waals surface area contributed by atoms with Gasteiger partial charge in [-0.1, -0.05) is 13.0 Å². The molecule has 0 bridgehead atoms. The Morgan fingerprint density at radius 1 is 1.37 bits per heavy atom. The minimum absolute atomic E-state index is 0.0171. The van der Waals surface area contributed by atoms with E-state index in [-0.39, 0.29) is 12.3 Å². The van der Waals surface area contributed by atoms with Gasteiger partial charge >= 0.3 is 5.97 Å². The van der Waals surface area contributed by atoms with Crippen molar-refractivity contribution in [3.8, 4) is 0 Å². The number of carbonyl (C=O) groups excluding carboxylic acids is 1. The summed E-state index contributed by atoms with van der Waals surface area (Å²) < 4.78 is 0. The first-order valence-corrected chi connectivity index (χ1v) is 7.46. The highest BCUT2D eigenvalue weighted by atomic mass is 32.1. The molecule has 0 fully saturated rings. The first-order valence-electron chi connectivity index (χ1n) is 6.59. The minimum Gasteiger partial charge on any atom is -0.481 e. The summed E-state index contributed by atoms with van der Waals surface area (Å²) in [7, 11) is 0. The molecule has 0 aliphatic carbocycles. The molecule has 1 amide bonds. The number of carboxylic acid groups (broad SMARTS) is 1. The molecule has 4 nitrogen and oxygen atoms in total. The molecule has 19 heavy (non-hydrogen) atoms. The molecule has 0 aliphatic heterocycles. The van der Waals surface area contributed by atoms with Crippen LogP contribution in [0.3, 0.4) is 0 Å². The third-order valence-corrected chi connectivity index (χ3v) is 3.72. The lowest BCUT2D eigenvalue weighted by atomic mass is 10.1. The van der Waals surface area contributed by atoms with E-state index in [9.17, 15) is 9.59 Å². The number of amides is 1. The number of thiophene rings is 1. The third kappa shape index (κ3) is 7.62. The molecular weight excluding hydrogens is 262 g/mol. The van der Waals surface area contributed by atoms with Crippen molar-refractivity contribution >= 4 is 23.2 Å². The first kappa shape index (κ1) is 15.7. The van der Waals surface area contributed by atoms with Gasteiger partial charge in [-0.25, -0.2) is 0 Å². The number of unbranched alkanes of at least 4 members (excludes halogenated alkanes) is 1. The van der Waals surface area contributed by atoms with E-state index < -0.39 is 5.97 Å². The van der Waals surface area contributed by atoms with Crippen molar-refractivity contribution < 1.29 is 14.7 Å². The molecule has 1 unspecified atom stereocenters. The van der Waals surface area contributed by atoms with Gasteiger partial charge in [0.25, 0.3) is 0 Å². The van der Waals surface area contributed by atoms with E-state index in [1.807, 2.05) is 6.07 Å². The predicted molar refractivity (Wildman–Crippen MR) is 76.3 cm³/mol. The molecule has 0 radical (unpaired) electrons. The maximum absolute atomic E-state index is 11.5. The van der Waals surface area contributed by atoms with E-state index in [4.69, 9.17) is 5.11 Å². The van der Waals surface area contributed by atoms with Gasteiger partial charge in [-0.15, -0.1) is 11.3 Å². The summed E-state index contributed by atoms with van der Waals surface area (Å²) in [5, 5.41) is 13.4. The Labute approximate surface area is 117 Å². The average molecular weight is 283 g/mol. The van der Waals surface area contributed by atoms with Crippen LogP contribution < -0.4 is 5.32 Å². The van der Waals surface area contributed by atoms with Crippen LogP contribution in [0.15, 0.2) is 17.5 Å². The van der Waals surface area contributed by atoms with Crippen LogP contribution in [0.25, 0.3) is 0 Å². The van der Waals surface area contributed by atoms with Gasteiger partial charge in [0, 0.05) is 24.3 Å². The Morgan fingerprint density at radius 2 is 2.11 bits per heavy atom. The molecule has 0 saturated heterocycles. The van der Waals surface area contributed by atoms with Crippen molar-refractivity contribution in [3.63, 3.8) is 0 Å². The lowest BCUT2D eigenvalue weighted by Crippen LogP contribution is -2.28. The van der Waals surface area contributed by atoms with Gasteiger partial charge in [0.2, 0.25) is 5.91 Å². The molecule has 2 N–H and O–H groups in total. The summed E-state index contributed by atoms with van der Waals surface area (Å²) in [6.07, 6.45) is 2.74. The van der Waals surface area contributed by atoms with Gasteiger partial charge in [-0.3, -0.25) is 9.59 Å². The van der Waals surface area contributed by atoms with E-state index in [2.05, 4.69) is 23.7 Å². The van der Waals surface area contributed by atoms with Crippen LogP contribution >= 0.6 is 11.3 Å². The van der Waals surface area contributed by atoms with E-state index in [0.29, 0.717) is 31.7 Å². The zero-order chi connectivity index (χ0) is 14.1. The molecule has 5 heteroatoms.